The minimum Gasteiger partial charge on any atom is -0.369 e. The minimum absolute atomic E-state index is 0.0428. The van der Waals surface area contributed by atoms with Gasteiger partial charge >= 0.3 is 0 Å². The highest BCUT2D eigenvalue weighted by molar-refractivity contribution is 5.95. The SMILES string of the molecule is CC(=O)c1cccc(C=CCC(N)=O)c1F. The molecule has 3 nitrogen and oxygen atoms in total. The van der Waals surface area contributed by atoms with Gasteiger partial charge in [-0.2, -0.15) is 0 Å². The van der Waals surface area contributed by atoms with Crippen molar-refractivity contribution in [3.8, 4) is 0 Å². The standard InChI is InChI=1S/C12H12FNO2/c1-8(15)10-6-2-4-9(12(10)13)5-3-7-11(14)16/h2-6H,7H2,1H3,(H2,14,16). The largest absolute Gasteiger partial charge is 0.369 e. The van der Waals surface area contributed by atoms with E-state index >= 15 is 0 Å². The third-order valence-corrected chi connectivity index (χ3v) is 2.02. The van der Waals surface area contributed by atoms with Crippen molar-refractivity contribution in [1.82, 2.24) is 0 Å². The van der Waals surface area contributed by atoms with Gasteiger partial charge < -0.3 is 5.73 Å². The average Bonchev–Trinajstić information content (AvgIpc) is 2.19. The number of rotatable bonds is 4. The first-order valence-electron chi connectivity index (χ1n) is 4.76. The van der Waals surface area contributed by atoms with E-state index in [-0.39, 0.29) is 23.3 Å². The minimum atomic E-state index is -0.573. The zero-order valence-electron chi connectivity index (χ0n) is 8.87. The fraction of sp³-hybridized carbons (Fsp3) is 0.167. The molecule has 0 unspecified atom stereocenters. The molecule has 1 aromatic rings. The average molecular weight is 221 g/mol. The van der Waals surface area contributed by atoms with Crippen LogP contribution < -0.4 is 5.73 Å². The number of benzene rings is 1. The normalized spacial score (nSPS) is 10.6. The van der Waals surface area contributed by atoms with E-state index in [0.29, 0.717) is 0 Å². The van der Waals surface area contributed by atoms with Crippen LogP contribution >= 0.6 is 0 Å². The predicted octanol–water partition coefficient (Wildman–Crippen LogP) is 1.92. The lowest BCUT2D eigenvalue weighted by atomic mass is 10.1. The summed E-state index contributed by atoms with van der Waals surface area (Å²) in [7, 11) is 0. The molecule has 16 heavy (non-hydrogen) atoms. The Hall–Kier alpha value is -1.97. The summed E-state index contributed by atoms with van der Waals surface area (Å²) in [6.07, 6.45) is 2.95. The predicted molar refractivity (Wildman–Crippen MR) is 59.2 cm³/mol. The molecule has 0 aromatic heterocycles. The lowest BCUT2D eigenvalue weighted by Gasteiger charge is -2.01. The second kappa shape index (κ2) is 5.21. The highest BCUT2D eigenvalue weighted by Crippen LogP contribution is 2.15. The number of halogens is 1. The molecule has 0 heterocycles. The van der Waals surface area contributed by atoms with Crippen molar-refractivity contribution >= 4 is 17.8 Å². The molecule has 2 N–H and O–H groups in total. The van der Waals surface area contributed by atoms with Crippen LogP contribution in [-0.4, -0.2) is 11.7 Å². The molecule has 0 fully saturated rings. The van der Waals surface area contributed by atoms with E-state index in [1.165, 1.54) is 31.2 Å². The first kappa shape index (κ1) is 12.1. The van der Waals surface area contributed by atoms with Crippen LogP contribution in [0.5, 0.6) is 0 Å². The maximum atomic E-state index is 13.7. The van der Waals surface area contributed by atoms with Crippen molar-refractivity contribution in [3.63, 3.8) is 0 Å². The Balaban J connectivity index is 2.97. The van der Waals surface area contributed by atoms with Gasteiger partial charge in [0.25, 0.3) is 0 Å². The summed E-state index contributed by atoms with van der Waals surface area (Å²) < 4.78 is 13.7. The second-order valence-corrected chi connectivity index (χ2v) is 3.34. The van der Waals surface area contributed by atoms with Crippen molar-refractivity contribution in [2.45, 2.75) is 13.3 Å². The van der Waals surface area contributed by atoms with Crippen LogP contribution in [0, 0.1) is 5.82 Å². The number of carbonyl (C=O) groups is 2. The highest BCUT2D eigenvalue weighted by Gasteiger charge is 2.09. The van der Waals surface area contributed by atoms with Gasteiger partial charge in [-0.1, -0.05) is 24.3 Å². The molecule has 0 saturated carbocycles. The summed E-state index contributed by atoms with van der Waals surface area (Å²) in [5.41, 5.74) is 5.25. The topological polar surface area (TPSA) is 60.2 Å². The summed E-state index contributed by atoms with van der Waals surface area (Å²) >= 11 is 0. The van der Waals surface area contributed by atoms with Gasteiger partial charge in [0.05, 0.1) is 5.56 Å². The fourth-order valence-corrected chi connectivity index (χ4v) is 1.25. The summed E-state index contributed by atoms with van der Waals surface area (Å²) in [4.78, 5) is 21.5. The molecule has 4 heteroatoms. The number of hydrogen-bond donors (Lipinski definition) is 1. The van der Waals surface area contributed by atoms with E-state index in [4.69, 9.17) is 5.73 Å². The molecule has 0 spiro atoms. The molecule has 0 aliphatic heterocycles. The summed E-state index contributed by atoms with van der Waals surface area (Å²) in [5.74, 6) is -1.39. The molecular formula is C12H12FNO2. The van der Waals surface area contributed by atoms with Crippen molar-refractivity contribution < 1.29 is 14.0 Å². The van der Waals surface area contributed by atoms with Crippen LogP contribution in [-0.2, 0) is 4.79 Å². The maximum absolute atomic E-state index is 13.7. The molecule has 0 atom stereocenters. The van der Waals surface area contributed by atoms with Crippen molar-refractivity contribution in [3.05, 3.63) is 41.2 Å². The Morgan fingerprint density at radius 1 is 1.44 bits per heavy atom. The lowest BCUT2D eigenvalue weighted by Crippen LogP contribution is -2.08. The Morgan fingerprint density at radius 3 is 2.69 bits per heavy atom. The Bertz CT molecular complexity index is 452. The molecular weight excluding hydrogens is 209 g/mol. The van der Waals surface area contributed by atoms with E-state index in [9.17, 15) is 14.0 Å². The van der Waals surface area contributed by atoms with Gasteiger partial charge in [-0.15, -0.1) is 0 Å². The number of primary amides is 1. The Labute approximate surface area is 92.8 Å². The molecule has 0 bridgehead atoms. The highest BCUT2D eigenvalue weighted by atomic mass is 19.1. The fourth-order valence-electron chi connectivity index (χ4n) is 1.25. The number of Topliss-reactive ketones (excluding diaryl/α,β-unsaturated/α-hetero) is 1. The molecule has 1 amide bonds. The molecule has 84 valence electrons. The number of hydrogen-bond acceptors (Lipinski definition) is 2. The van der Waals surface area contributed by atoms with Crippen LogP contribution in [0.1, 0.15) is 29.3 Å². The first-order valence-corrected chi connectivity index (χ1v) is 4.76. The van der Waals surface area contributed by atoms with Gasteiger partial charge in [0, 0.05) is 12.0 Å². The lowest BCUT2D eigenvalue weighted by molar-refractivity contribution is -0.117. The van der Waals surface area contributed by atoms with Crippen LogP contribution in [0.2, 0.25) is 0 Å². The zero-order valence-corrected chi connectivity index (χ0v) is 8.87. The summed E-state index contributed by atoms with van der Waals surface area (Å²) in [6, 6.07) is 4.53. The van der Waals surface area contributed by atoms with Gasteiger partial charge in [-0.25, -0.2) is 4.39 Å². The van der Waals surface area contributed by atoms with Gasteiger partial charge in [0.1, 0.15) is 5.82 Å². The van der Waals surface area contributed by atoms with Gasteiger partial charge in [-0.05, 0) is 13.0 Å². The zero-order chi connectivity index (χ0) is 12.1. The molecule has 0 aliphatic rings. The van der Waals surface area contributed by atoms with E-state index in [2.05, 4.69) is 0 Å². The van der Waals surface area contributed by atoms with Crippen LogP contribution in [0.4, 0.5) is 4.39 Å². The maximum Gasteiger partial charge on any atom is 0.221 e. The number of nitrogens with two attached hydrogens (primary N) is 1. The van der Waals surface area contributed by atoms with Gasteiger partial charge in [0.15, 0.2) is 5.78 Å². The number of carbonyl (C=O) groups excluding carboxylic acids is 2. The van der Waals surface area contributed by atoms with E-state index in [1.54, 1.807) is 6.07 Å². The third-order valence-electron chi connectivity index (χ3n) is 2.02. The summed E-state index contributed by atoms with van der Waals surface area (Å²) in [5, 5.41) is 0. The smallest absolute Gasteiger partial charge is 0.221 e. The molecule has 0 saturated heterocycles. The molecule has 0 aliphatic carbocycles. The van der Waals surface area contributed by atoms with Crippen LogP contribution in [0.3, 0.4) is 0 Å². The first-order chi connectivity index (χ1) is 7.52. The van der Waals surface area contributed by atoms with Gasteiger partial charge in [0.2, 0.25) is 5.91 Å². The van der Waals surface area contributed by atoms with Crippen molar-refractivity contribution in [2.24, 2.45) is 5.73 Å². The van der Waals surface area contributed by atoms with Crippen molar-refractivity contribution in [2.75, 3.05) is 0 Å². The Kier molecular flexibility index (Phi) is 3.94. The molecule has 1 rings (SSSR count). The van der Waals surface area contributed by atoms with Crippen LogP contribution in [0.15, 0.2) is 24.3 Å². The van der Waals surface area contributed by atoms with E-state index in [0.717, 1.165) is 0 Å². The third kappa shape index (κ3) is 3.02. The quantitative estimate of drug-likeness (QED) is 0.789. The van der Waals surface area contributed by atoms with Crippen LogP contribution in [0.25, 0.3) is 6.08 Å². The molecule has 0 radical (unpaired) electrons. The number of ketones is 1. The Morgan fingerprint density at radius 2 is 2.12 bits per heavy atom. The van der Waals surface area contributed by atoms with E-state index in [1.807, 2.05) is 0 Å². The second-order valence-electron chi connectivity index (χ2n) is 3.34. The van der Waals surface area contributed by atoms with E-state index < -0.39 is 11.7 Å². The monoisotopic (exact) mass is 221 g/mol. The molecule has 1 aromatic carbocycles. The summed E-state index contributed by atoms with van der Waals surface area (Å²) in [6.45, 7) is 1.30. The van der Waals surface area contributed by atoms with Gasteiger partial charge in [-0.3, -0.25) is 9.59 Å². The number of amides is 1. The van der Waals surface area contributed by atoms with Crippen molar-refractivity contribution in [1.29, 1.82) is 0 Å².